The van der Waals surface area contributed by atoms with Crippen molar-refractivity contribution in [3.8, 4) is 0 Å². The predicted octanol–water partition coefficient (Wildman–Crippen LogP) is 3.01. The summed E-state index contributed by atoms with van der Waals surface area (Å²) in [6, 6.07) is 7.92. The van der Waals surface area contributed by atoms with Gasteiger partial charge in [-0.25, -0.2) is 0 Å². The van der Waals surface area contributed by atoms with Gasteiger partial charge in [-0.2, -0.15) is 0 Å². The fourth-order valence-corrected chi connectivity index (χ4v) is 1.41. The molecule has 0 aliphatic rings. The lowest BCUT2D eigenvalue weighted by molar-refractivity contribution is 0.0976. The van der Waals surface area contributed by atoms with Crippen molar-refractivity contribution in [2.45, 2.75) is 32.8 Å². The molecule has 0 aliphatic carbocycles. The summed E-state index contributed by atoms with van der Waals surface area (Å²) in [5.74, 6) is 0.683. The van der Waals surface area contributed by atoms with Crippen LogP contribution in [0.25, 0.3) is 5.76 Å². The highest BCUT2D eigenvalue weighted by Crippen LogP contribution is 2.21. The minimum Gasteiger partial charge on any atom is -0.488 e. The molecule has 2 nitrogen and oxygen atoms in total. The van der Waals surface area contributed by atoms with Crippen LogP contribution in [0.3, 0.4) is 0 Å². The van der Waals surface area contributed by atoms with Crippen LogP contribution >= 0.6 is 0 Å². The van der Waals surface area contributed by atoms with Crippen LogP contribution in [-0.4, -0.2) is 17.3 Å². The molecule has 16 heavy (non-hydrogen) atoms. The zero-order chi connectivity index (χ0) is 12.2. The molecule has 0 heterocycles. The van der Waals surface area contributed by atoms with Crippen molar-refractivity contribution in [1.82, 2.24) is 0 Å². The smallest absolute Gasteiger partial charge is 0.120 e. The molecule has 88 valence electrons. The van der Waals surface area contributed by atoms with E-state index in [0.29, 0.717) is 12.2 Å². The lowest BCUT2D eigenvalue weighted by Crippen LogP contribution is -2.17. The molecule has 0 spiro atoms. The summed E-state index contributed by atoms with van der Waals surface area (Å²) >= 11 is 0. The van der Waals surface area contributed by atoms with Crippen LogP contribution in [0.2, 0.25) is 0 Å². The second-order valence-electron chi connectivity index (χ2n) is 4.81. The molecule has 0 bridgehead atoms. The average molecular weight is 220 g/mol. The summed E-state index contributed by atoms with van der Waals surface area (Å²) in [7, 11) is 0. The number of hydrogen-bond donors (Lipinski definition) is 1. The Balaban J connectivity index is 2.70. The second kappa shape index (κ2) is 5.17. The Morgan fingerprint density at radius 2 is 1.81 bits per heavy atom. The average Bonchev–Trinajstić information content (AvgIpc) is 2.16. The standard InChI is InChI=1S/C14H20O2/c1-11(16-14(2,3)4)13-7-5-12(6-8-13)9-10-15/h5-8,15H,1,9-10H2,2-4H3. The number of rotatable bonds is 4. The topological polar surface area (TPSA) is 29.5 Å². The van der Waals surface area contributed by atoms with E-state index in [0.717, 1.165) is 11.1 Å². The van der Waals surface area contributed by atoms with Gasteiger partial charge in [0, 0.05) is 12.2 Å². The molecule has 0 atom stereocenters. The van der Waals surface area contributed by atoms with Crippen molar-refractivity contribution in [3.05, 3.63) is 42.0 Å². The lowest BCUT2D eigenvalue weighted by Gasteiger charge is -2.23. The van der Waals surface area contributed by atoms with Gasteiger partial charge in [0.15, 0.2) is 0 Å². The Bertz CT molecular complexity index is 344. The summed E-state index contributed by atoms with van der Waals surface area (Å²) in [5.41, 5.74) is 1.88. The summed E-state index contributed by atoms with van der Waals surface area (Å²) in [6.07, 6.45) is 0.687. The van der Waals surface area contributed by atoms with Crippen molar-refractivity contribution in [1.29, 1.82) is 0 Å². The number of ether oxygens (including phenoxy) is 1. The van der Waals surface area contributed by atoms with E-state index in [4.69, 9.17) is 9.84 Å². The molecule has 0 fully saturated rings. The Kier molecular flexibility index (Phi) is 4.13. The number of aliphatic hydroxyl groups is 1. The van der Waals surface area contributed by atoms with Crippen LogP contribution in [0.5, 0.6) is 0 Å². The highest BCUT2D eigenvalue weighted by Gasteiger charge is 2.13. The summed E-state index contributed by atoms with van der Waals surface area (Å²) in [5, 5.41) is 8.81. The Morgan fingerprint density at radius 1 is 1.25 bits per heavy atom. The third-order valence-electron chi connectivity index (χ3n) is 2.11. The molecule has 1 N–H and O–H groups in total. The molecular formula is C14H20O2. The van der Waals surface area contributed by atoms with E-state index in [-0.39, 0.29) is 12.2 Å². The van der Waals surface area contributed by atoms with Gasteiger partial charge in [-0.1, -0.05) is 30.8 Å². The molecule has 1 aromatic rings. The third kappa shape index (κ3) is 4.07. The molecular weight excluding hydrogens is 200 g/mol. The van der Waals surface area contributed by atoms with Gasteiger partial charge in [0.2, 0.25) is 0 Å². The van der Waals surface area contributed by atoms with Crippen LogP contribution in [-0.2, 0) is 11.2 Å². The van der Waals surface area contributed by atoms with E-state index in [9.17, 15) is 0 Å². The first kappa shape index (κ1) is 12.8. The molecule has 0 saturated heterocycles. The molecule has 0 aromatic heterocycles. The molecule has 0 saturated carbocycles. The maximum atomic E-state index is 8.81. The molecule has 2 heteroatoms. The predicted molar refractivity (Wildman–Crippen MR) is 67.1 cm³/mol. The Labute approximate surface area is 97.6 Å². The first-order valence-corrected chi connectivity index (χ1v) is 5.50. The van der Waals surface area contributed by atoms with Crippen LogP contribution < -0.4 is 0 Å². The van der Waals surface area contributed by atoms with Gasteiger partial charge in [0.05, 0.1) is 0 Å². The largest absolute Gasteiger partial charge is 0.488 e. The van der Waals surface area contributed by atoms with Gasteiger partial charge in [0.25, 0.3) is 0 Å². The van der Waals surface area contributed by atoms with Gasteiger partial charge in [-0.3, -0.25) is 0 Å². The molecule has 1 rings (SSSR count). The number of hydrogen-bond acceptors (Lipinski definition) is 2. The van der Waals surface area contributed by atoms with Crippen LogP contribution in [0.4, 0.5) is 0 Å². The monoisotopic (exact) mass is 220 g/mol. The van der Waals surface area contributed by atoms with Gasteiger partial charge in [-0.05, 0) is 32.8 Å². The quantitative estimate of drug-likeness (QED) is 0.790. The van der Waals surface area contributed by atoms with Crippen molar-refractivity contribution in [3.63, 3.8) is 0 Å². The van der Waals surface area contributed by atoms with Gasteiger partial charge in [-0.15, -0.1) is 0 Å². The summed E-state index contributed by atoms with van der Waals surface area (Å²) in [6.45, 7) is 10.1. The second-order valence-corrected chi connectivity index (χ2v) is 4.81. The normalized spacial score (nSPS) is 11.2. The maximum absolute atomic E-state index is 8.81. The van der Waals surface area contributed by atoms with Gasteiger partial charge in [0.1, 0.15) is 11.4 Å². The highest BCUT2D eigenvalue weighted by atomic mass is 16.5. The summed E-state index contributed by atoms with van der Waals surface area (Å²) in [4.78, 5) is 0. The first-order valence-electron chi connectivity index (χ1n) is 5.50. The summed E-state index contributed by atoms with van der Waals surface area (Å²) < 4.78 is 5.68. The number of benzene rings is 1. The minimum atomic E-state index is -0.221. The molecule has 0 amide bonds. The van der Waals surface area contributed by atoms with Crippen molar-refractivity contribution in [2.75, 3.05) is 6.61 Å². The van der Waals surface area contributed by atoms with E-state index in [1.165, 1.54) is 0 Å². The van der Waals surface area contributed by atoms with Crippen molar-refractivity contribution >= 4 is 5.76 Å². The van der Waals surface area contributed by atoms with Crippen molar-refractivity contribution in [2.24, 2.45) is 0 Å². The van der Waals surface area contributed by atoms with E-state index < -0.39 is 0 Å². The lowest BCUT2D eigenvalue weighted by atomic mass is 10.1. The van der Waals surface area contributed by atoms with Crippen LogP contribution in [0.15, 0.2) is 30.8 Å². The van der Waals surface area contributed by atoms with E-state index in [2.05, 4.69) is 6.58 Å². The zero-order valence-corrected chi connectivity index (χ0v) is 10.3. The van der Waals surface area contributed by atoms with Gasteiger partial charge >= 0.3 is 0 Å². The Hall–Kier alpha value is -1.28. The first-order chi connectivity index (χ1) is 7.42. The SMILES string of the molecule is C=C(OC(C)(C)C)c1ccc(CCO)cc1. The molecule has 0 unspecified atom stereocenters. The number of aliphatic hydroxyl groups excluding tert-OH is 1. The molecule has 0 radical (unpaired) electrons. The fourth-order valence-electron chi connectivity index (χ4n) is 1.41. The van der Waals surface area contributed by atoms with E-state index in [1.54, 1.807) is 0 Å². The van der Waals surface area contributed by atoms with E-state index in [1.807, 2.05) is 45.0 Å². The van der Waals surface area contributed by atoms with Gasteiger partial charge < -0.3 is 9.84 Å². The zero-order valence-electron chi connectivity index (χ0n) is 10.3. The highest BCUT2D eigenvalue weighted by molar-refractivity contribution is 5.57. The van der Waals surface area contributed by atoms with Crippen LogP contribution in [0.1, 0.15) is 31.9 Å². The molecule has 0 aliphatic heterocycles. The fraction of sp³-hybridized carbons (Fsp3) is 0.429. The van der Waals surface area contributed by atoms with Crippen molar-refractivity contribution < 1.29 is 9.84 Å². The van der Waals surface area contributed by atoms with E-state index >= 15 is 0 Å². The minimum absolute atomic E-state index is 0.179. The van der Waals surface area contributed by atoms with Crippen LogP contribution in [0, 0.1) is 0 Å². The Morgan fingerprint density at radius 3 is 2.25 bits per heavy atom. The maximum Gasteiger partial charge on any atom is 0.120 e. The third-order valence-corrected chi connectivity index (χ3v) is 2.11. The molecule has 1 aromatic carbocycles.